The van der Waals surface area contributed by atoms with Crippen molar-refractivity contribution in [2.45, 2.75) is 70.4 Å². The number of hydrogen-bond acceptors (Lipinski definition) is 7. The van der Waals surface area contributed by atoms with Crippen LogP contribution in [0.4, 0.5) is 0 Å². The maximum absolute atomic E-state index is 13.0. The third-order valence-corrected chi connectivity index (χ3v) is 7.78. The molecule has 4 rings (SSSR count). The Hall–Kier alpha value is -2.90. The number of carbonyl (C=O) groups is 2. The summed E-state index contributed by atoms with van der Waals surface area (Å²) in [6.07, 6.45) is 5.15. The molecule has 0 radical (unpaired) electrons. The molecule has 2 aromatic carbocycles. The number of Topliss-reactive ketones (excluding diaryl/α,β-unsaturated/α-hetero) is 2. The van der Waals surface area contributed by atoms with E-state index in [0.29, 0.717) is 62.1 Å². The highest BCUT2D eigenvalue weighted by Gasteiger charge is 2.30. The summed E-state index contributed by atoms with van der Waals surface area (Å²) in [6.45, 7) is 4.93. The second kappa shape index (κ2) is 13.8. The molecular weight excluding hydrogens is 482 g/mol. The molecule has 3 atom stereocenters. The molecule has 38 heavy (non-hydrogen) atoms. The zero-order valence-electron chi connectivity index (χ0n) is 22.7. The normalized spacial score (nSPS) is 18.7. The lowest BCUT2D eigenvalue weighted by atomic mass is 9.89. The molecular formula is C31H41NO6. The van der Waals surface area contributed by atoms with E-state index in [1.165, 1.54) is 0 Å². The third kappa shape index (κ3) is 7.58. The summed E-state index contributed by atoms with van der Waals surface area (Å²) < 4.78 is 16.5. The molecule has 0 aromatic heterocycles. The van der Waals surface area contributed by atoms with Crippen molar-refractivity contribution in [1.29, 1.82) is 0 Å². The smallest absolute Gasteiger partial charge is 0.162 e. The van der Waals surface area contributed by atoms with Crippen LogP contribution in [0.1, 0.15) is 80.3 Å². The summed E-state index contributed by atoms with van der Waals surface area (Å²) >= 11 is 0. The number of fused-ring (bicyclic) bond motifs is 1. The van der Waals surface area contributed by atoms with Crippen LogP contribution in [0.25, 0.3) is 0 Å². The SMILES string of the molecule is COc1ccc(C(=O)CCCCCC(=O)C[C@H](CN2CCC[C@@H]2C)[C@@H](O)c2ccc3c(c2)OCCO3)cc1. The van der Waals surface area contributed by atoms with Crippen LogP contribution in [-0.2, 0) is 4.79 Å². The molecule has 0 bridgehead atoms. The lowest BCUT2D eigenvalue weighted by molar-refractivity contribution is -0.121. The first-order chi connectivity index (χ1) is 18.4. The molecule has 2 heterocycles. The van der Waals surface area contributed by atoms with Crippen molar-refractivity contribution in [2.24, 2.45) is 5.92 Å². The number of methoxy groups -OCH3 is 1. The second-order valence-corrected chi connectivity index (χ2v) is 10.5. The van der Waals surface area contributed by atoms with E-state index in [-0.39, 0.29) is 17.5 Å². The van der Waals surface area contributed by atoms with E-state index in [1.54, 1.807) is 31.4 Å². The molecule has 0 unspecified atom stereocenters. The van der Waals surface area contributed by atoms with Gasteiger partial charge < -0.3 is 24.2 Å². The number of aliphatic hydroxyl groups is 1. The van der Waals surface area contributed by atoms with E-state index in [1.807, 2.05) is 18.2 Å². The van der Waals surface area contributed by atoms with Gasteiger partial charge in [0, 0.05) is 43.3 Å². The number of hydrogen-bond donors (Lipinski definition) is 1. The summed E-state index contributed by atoms with van der Waals surface area (Å²) in [5, 5.41) is 11.4. The number of unbranched alkanes of at least 4 members (excludes halogenated alkanes) is 2. The maximum atomic E-state index is 13.0. The highest BCUT2D eigenvalue weighted by Crippen LogP contribution is 2.36. The van der Waals surface area contributed by atoms with Crippen LogP contribution in [0.2, 0.25) is 0 Å². The van der Waals surface area contributed by atoms with Crippen molar-refractivity contribution in [3.8, 4) is 17.2 Å². The first-order valence-corrected chi connectivity index (χ1v) is 13.9. The van der Waals surface area contributed by atoms with Crippen LogP contribution in [0, 0.1) is 5.92 Å². The molecule has 7 nitrogen and oxygen atoms in total. The Kier molecular flexibility index (Phi) is 10.2. The van der Waals surface area contributed by atoms with Crippen molar-refractivity contribution in [3.63, 3.8) is 0 Å². The Labute approximate surface area is 226 Å². The number of aliphatic hydroxyl groups excluding tert-OH is 1. The largest absolute Gasteiger partial charge is 0.497 e. The Morgan fingerprint density at radius 2 is 1.76 bits per heavy atom. The number of rotatable bonds is 14. The fourth-order valence-corrected chi connectivity index (χ4v) is 5.46. The number of ether oxygens (including phenoxy) is 3. The molecule has 1 fully saturated rings. The first kappa shape index (κ1) is 28.1. The Morgan fingerprint density at radius 1 is 1.03 bits per heavy atom. The van der Waals surface area contributed by atoms with Crippen LogP contribution < -0.4 is 14.2 Å². The molecule has 0 spiro atoms. The van der Waals surface area contributed by atoms with Gasteiger partial charge in [-0.2, -0.15) is 0 Å². The molecule has 0 amide bonds. The number of nitrogens with zero attached hydrogens (tertiary/aromatic N) is 1. The van der Waals surface area contributed by atoms with Gasteiger partial charge >= 0.3 is 0 Å². The second-order valence-electron chi connectivity index (χ2n) is 10.5. The number of benzene rings is 2. The topological polar surface area (TPSA) is 85.3 Å². The average molecular weight is 524 g/mol. The summed E-state index contributed by atoms with van der Waals surface area (Å²) in [5.74, 6) is 2.16. The monoisotopic (exact) mass is 523 g/mol. The molecule has 0 aliphatic carbocycles. The minimum atomic E-state index is -0.760. The Balaban J connectivity index is 1.28. The van der Waals surface area contributed by atoms with Crippen LogP contribution >= 0.6 is 0 Å². The van der Waals surface area contributed by atoms with Gasteiger partial charge in [0.2, 0.25) is 0 Å². The molecule has 1 saturated heterocycles. The molecule has 7 heteroatoms. The van der Waals surface area contributed by atoms with Crippen molar-refractivity contribution in [1.82, 2.24) is 4.90 Å². The zero-order valence-corrected chi connectivity index (χ0v) is 22.7. The van der Waals surface area contributed by atoms with Gasteiger partial charge in [-0.1, -0.05) is 12.5 Å². The summed E-state index contributed by atoms with van der Waals surface area (Å²) in [4.78, 5) is 27.8. The lowest BCUT2D eigenvalue weighted by Gasteiger charge is -2.30. The first-order valence-electron chi connectivity index (χ1n) is 13.9. The molecule has 2 aliphatic heterocycles. The Morgan fingerprint density at radius 3 is 2.47 bits per heavy atom. The van der Waals surface area contributed by atoms with Crippen molar-refractivity contribution < 1.29 is 28.9 Å². The predicted octanol–water partition coefficient (Wildman–Crippen LogP) is 5.39. The molecule has 0 saturated carbocycles. The summed E-state index contributed by atoms with van der Waals surface area (Å²) in [7, 11) is 1.60. The molecule has 2 aromatic rings. The lowest BCUT2D eigenvalue weighted by Crippen LogP contribution is -2.35. The maximum Gasteiger partial charge on any atom is 0.162 e. The minimum absolute atomic E-state index is 0.112. The van der Waals surface area contributed by atoms with Crippen LogP contribution in [0.5, 0.6) is 17.2 Å². The minimum Gasteiger partial charge on any atom is -0.497 e. The quantitative estimate of drug-likeness (QED) is 0.262. The van der Waals surface area contributed by atoms with Gasteiger partial charge in [-0.3, -0.25) is 9.59 Å². The fourth-order valence-electron chi connectivity index (χ4n) is 5.46. The van der Waals surface area contributed by atoms with Crippen LogP contribution in [0.3, 0.4) is 0 Å². The van der Waals surface area contributed by atoms with Gasteiger partial charge in [-0.05, 0) is 81.1 Å². The van der Waals surface area contributed by atoms with E-state index < -0.39 is 6.10 Å². The third-order valence-electron chi connectivity index (χ3n) is 7.78. The van der Waals surface area contributed by atoms with Crippen molar-refractivity contribution in [2.75, 3.05) is 33.4 Å². The molecule has 2 aliphatic rings. The van der Waals surface area contributed by atoms with Gasteiger partial charge in [0.15, 0.2) is 17.3 Å². The van der Waals surface area contributed by atoms with Gasteiger partial charge in [-0.25, -0.2) is 0 Å². The van der Waals surface area contributed by atoms with Crippen molar-refractivity contribution >= 4 is 11.6 Å². The summed E-state index contributed by atoms with van der Waals surface area (Å²) in [6, 6.07) is 13.2. The highest BCUT2D eigenvalue weighted by atomic mass is 16.6. The highest BCUT2D eigenvalue weighted by molar-refractivity contribution is 5.96. The van der Waals surface area contributed by atoms with Gasteiger partial charge in [0.05, 0.1) is 13.2 Å². The Bertz CT molecular complexity index is 1070. The standard InChI is InChI=1S/C31H41NO6/c1-22-7-6-16-32(22)21-25(31(35)24-12-15-29-30(20-24)38-18-17-37-29)19-26(33)8-4-3-5-9-28(34)23-10-13-27(36-2)14-11-23/h10-15,20,22,25,31,35H,3-9,16-19,21H2,1-2H3/t22-,25+,31-/m0/s1. The fraction of sp³-hybridized carbons (Fsp3) is 0.548. The predicted molar refractivity (Wildman–Crippen MR) is 146 cm³/mol. The molecule has 1 N–H and O–H groups in total. The van der Waals surface area contributed by atoms with Gasteiger partial charge in [-0.15, -0.1) is 0 Å². The number of ketones is 2. The van der Waals surface area contributed by atoms with Crippen LogP contribution in [0.15, 0.2) is 42.5 Å². The molecule has 206 valence electrons. The van der Waals surface area contributed by atoms with Crippen LogP contribution in [-0.4, -0.2) is 61.0 Å². The van der Waals surface area contributed by atoms with E-state index >= 15 is 0 Å². The number of likely N-dealkylation sites (tertiary alicyclic amines) is 1. The van der Waals surface area contributed by atoms with E-state index in [2.05, 4.69) is 11.8 Å². The van der Waals surface area contributed by atoms with E-state index in [4.69, 9.17) is 14.2 Å². The average Bonchev–Trinajstić information content (AvgIpc) is 3.35. The zero-order chi connectivity index (χ0) is 26.9. The van der Waals surface area contributed by atoms with E-state index in [9.17, 15) is 14.7 Å². The van der Waals surface area contributed by atoms with Gasteiger partial charge in [0.25, 0.3) is 0 Å². The van der Waals surface area contributed by atoms with E-state index in [0.717, 1.165) is 50.0 Å². The summed E-state index contributed by atoms with van der Waals surface area (Å²) in [5.41, 5.74) is 1.45. The number of carbonyl (C=O) groups excluding carboxylic acids is 2. The van der Waals surface area contributed by atoms with Crippen molar-refractivity contribution in [3.05, 3.63) is 53.6 Å². The van der Waals surface area contributed by atoms with Gasteiger partial charge in [0.1, 0.15) is 24.7 Å².